The number of benzene rings is 1. The zero-order valence-electron chi connectivity index (χ0n) is 13.5. The van der Waals surface area contributed by atoms with E-state index in [1.54, 1.807) is 0 Å². The van der Waals surface area contributed by atoms with Gasteiger partial charge in [-0.2, -0.15) is 0 Å². The lowest BCUT2D eigenvalue weighted by molar-refractivity contribution is 0.132. The Morgan fingerprint density at radius 3 is 2.37 bits per heavy atom. The Kier molecular flexibility index (Phi) is 5.61. The number of hydrogen-bond donors (Lipinski definition) is 1. The lowest BCUT2D eigenvalue weighted by Crippen LogP contribution is -2.19. The molecule has 1 aromatic carbocycles. The molecular weight excluding hydrogens is 232 g/mol. The van der Waals surface area contributed by atoms with Gasteiger partial charge >= 0.3 is 0 Å². The number of aryl methyl sites for hydroxylation is 2. The Labute approximate surface area is 119 Å². The van der Waals surface area contributed by atoms with Crippen LogP contribution in [0.15, 0.2) is 18.2 Å². The van der Waals surface area contributed by atoms with Crippen LogP contribution in [0.5, 0.6) is 0 Å². The molecule has 1 rings (SSSR count). The van der Waals surface area contributed by atoms with E-state index in [4.69, 9.17) is 0 Å². The van der Waals surface area contributed by atoms with Gasteiger partial charge in [-0.25, -0.2) is 0 Å². The second kappa shape index (κ2) is 6.56. The maximum Gasteiger partial charge on any atom is 0.0583 e. The summed E-state index contributed by atoms with van der Waals surface area (Å²) >= 11 is 0. The zero-order valence-corrected chi connectivity index (χ0v) is 13.5. The third-order valence-electron chi connectivity index (χ3n) is 3.60. The molecule has 0 heterocycles. The number of hydrogen-bond acceptors (Lipinski definition) is 1. The van der Waals surface area contributed by atoms with Crippen molar-refractivity contribution in [2.45, 2.75) is 66.9 Å². The first kappa shape index (κ1) is 16.2. The first-order valence-corrected chi connectivity index (χ1v) is 7.41. The van der Waals surface area contributed by atoms with Gasteiger partial charge in [0.25, 0.3) is 0 Å². The van der Waals surface area contributed by atoms with Gasteiger partial charge in [0.15, 0.2) is 0 Å². The molecule has 0 aliphatic heterocycles. The van der Waals surface area contributed by atoms with Crippen molar-refractivity contribution in [3.63, 3.8) is 0 Å². The number of aliphatic hydroxyl groups excluding tert-OH is 1. The lowest BCUT2D eigenvalue weighted by atomic mass is 9.82. The van der Waals surface area contributed by atoms with Gasteiger partial charge in [0.2, 0.25) is 0 Å². The van der Waals surface area contributed by atoms with E-state index >= 15 is 0 Å². The van der Waals surface area contributed by atoms with Crippen LogP contribution in [0.2, 0.25) is 0 Å². The van der Waals surface area contributed by atoms with Crippen LogP contribution in [0, 0.1) is 25.2 Å². The van der Waals surface area contributed by atoms with E-state index in [9.17, 15) is 5.11 Å². The molecule has 0 aliphatic rings. The van der Waals surface area contributed by atoms with Gasteiger partial charge in [-0.3, -0.25) is 0 Å². The van der Waals surface area contributed by atoms with E-state index < -0.39 is 0 Å². The van der Waals surface area contributed by atoms with Crippen LogP contribution in [0.25, 0.3) is 0 Å². The summed E-state index contributed by atoms with van der Waals surface area (Å²) in [6.07, 6.45) is 2.61. The SMILES string of the molecule is Cc1ccc(C)c(CC(O)CC(C)CC(C)(C)C)c1. The van der Waals surface area contributed by atoms with Crippen molar-refractivity contribution in [2.24, 2.45) is 11.3 Å². The van der Waals surface area contributed by atoms with Gasteiger partial charge in [0, 0.05) is 0 Å². The molecule has 108 valence electrons. The molecule has 0 saturated carbocycles. The molecule has 0 bridgehead atoms. The fraction of sp³-hybridized carbons (Fsp3) is 0.667. The Morgan fingerprint density at radius 1 is 1.16 bits per heavy atom. The van der Waals surface area contributed by atoms with Crippen molar-refractivity contribution < 1.29 is 5.11 Å². The molecule has 0 aliphatic carbocycles. The Hall–Kier alpha value is -0.820. The summed E-state index contributed by atoms with van der Waals surface area (Å²) in [6, 6.07) is 6.48. The van der Waals surface area contributed by atoms with Crippen molar-refractivity contribution in [1.29, 1.82) is 0 Å². The van der Waals surface area contributed by atoms with Crippen molar-refractivity contribution in [3.8, 4) is 0 Å². The molecule has 2 unspecified atom stereocenters. The van der Waals surface area contributed by atoms with Gasteiger partial charge in [-0.15, -0.1) is 0 Å². The van der Waals surface area contributed by atoms with Crippen LogP contribution >= 0.6 is 0 Å². The fourth-order valence-electron chi connectivity index (χ4n) is 2.95. The zero-order chi connectivity index (χ0) is 14.6. The van der Waals surface area contributed by atoms with E-state index in [1.807, 2.05) is 0 Å². The molecule has 0 aromatic heterocycles. The third kappa shape index (κ3) is 6.24. The van der Waals surface area contributed by atoms with Gasteiger partial charge in [-0.05, 0) is 55.6 Å². The minimum atomic E-state index is -0.224. The Bertz CT molecular complexity index is 401. The van der Waals surface area contributed by atoms with Crippen LogP contribution in [0.1, 0.15) is 57.2 Å². The first-order chi connectivity index (χ1) is 8.67. The molecular formula is C18H30O. The largest absolute Gasteiger partial charge is 0.393 e. The minimum absolute atomic E-state index is 0.224. The number of rotatable bonds is 5. The van der Waals surface area contributed by atoms with Gasteiger partial charge < -0.3 is 5.11 Å². The molecule has 0 fully saturated rings. The predicted molar refractivity (Wildman–Crippen MR) is 83.5 cm³/mol. The summed E-state index contributed by atoms with van der Waals surface area (Å²) in [5.41, 5.74) is 4.19. The van der Waals surface area contributed by atoms with Crippen LogP contribution in [0.3, 0.4) is 0 Å². The maximum atomic E-state index is 10.3. The molecule has 0 spiro atoms. The van der Waals surface area contributed by atoms with Crippen LogP contribution in [-0.2, 0) is 6.42 Å². The van der Waals surface area contributed by atoms with Gasteiger partial charge in [0.1, 0.15) is 0 Å². The summed E-state index contributed by atoms with van der Waals surface area (Å²) < 4.78 is 0. The molecule has 1 heteroatoms. The predicted octanol–water partition coefficient (Wildman–Crippen LogP) is 4.67. The van der Waals surface area contributed by atoms with E-state index in [1.165, 1.54) is 16.7 Å². The van der Waals surface area contributed by atoms with E-state index in [0.29, 0.717) is 11.3 Å². The van der Waals surface area contributed by atoms with E-state index in [2.05, 4.69) is 59.7 Å². The minimum Gasteiger partial charge on any atom is -0.393 e. The highest BCUT2D eigenvalue weighted by Gasteiger charge is 2.18. The standard InChI is InChI=1S/C18H30O/c1-13-7-8-15(3)16(9-13)11-17(19)10-14(2)12-18(4,5)6/h7-9,14,17,19H,10-12H2,1-6H3. The highest BCUT2D eigenvalue weighted by atomic mass is 16.3. The molecule has 0 radical (unpaired) electrons. The van der Waals surface area contributed by atoms with Crippen molar-refractivity contribution >= 4 is 0 Å². The normalized spacial score (nSPS) is 15.3. The van der Waals surface area contributed by atoms with Crippen LogP contribution in [-0.4, -0.2) is 11.2 Å². The summed E-state index contributed by atoms with van der Waals surface area (Å²) in [4.78, 5) is 0. The molecule has 19 heavy (non-hydrogen) atoms. The summed E-state index contributed by atoms with van der Waals surface area (Å²) in [5.74, 6) is 0.570. The second-order valence-electron chi connectivity index (χ2n) is 7.39. The van der Waals surface area contributed by atoms with E-state index in [-0.39, 0.29) is 6.10 Å². The van der Waals surface area contributed by atoms with Gasteiger partial charge in [-0.1, -0.05) is 51.5 Å². The average molecular weight is 262 g/mol. The highest BCUT2D eigenvalue weighted by molar-refractivity contribution is 5.30. The smallest absolute Gasteiger partial charge is 0.0583 e. The first-order valence-electron chi connectivity index (χ1n) is 7.41. The van der Waals surface area contributed by atoms with Crippen molar-refractivity contribution in [2.75, 3.05) is 0 Å². The van der Waals surface area contributed by atoms with Crippen LogP contribution in [0.4, 0.5) is 0 Å². The molecule has 0 saturated heterocycles. The average Bonchev–Trinajstić information content (AvgIpc) is 2.20. The lowest BCUT2D eigenvalue weighted by Gasteiger charge is -2.25. The van der Waals surface area contributed by atoms with Crippen LogP contribution < -0.4 is 0 Å². The summed E-state index contributed by atoms with van der Waals surface area (Å²) in [5, 5.41) is 10.3. The molecule has 2 atom stereocenters. The van der Waals surface area contributed by atoms with Crippen molar-refractivity contribution in [3.05, 3.63) is 34.9 Å². The quantitative estimate of drug-likeness (QED) is 0.817. The summed E-state index contributed by atoms with van der Waals surface area (Å²) in [7, 11) is 0. The van der Waals surface area contributed by atoms with E-state index in [0.717, 1.165) is 19.3 Å². The third-order valence-corrected chi connectivity index (χ3v) is 3.60. The molecule has 1 N–H and O–H groups in total. The van der Waals surface area contributed by atoms with Crippen molar-refractivity contribution in [1.82, 2.24) is 0 Å². The fourth-order valence-corrected chi connectivity index (χ4v) is 2.95. The maximum absolute atomic E-state index is 10.3. The Balaban J connectivity index is 2.55. The number of aliphatic hydroxyl groups is 1. The van der Waals surface area contributed by atoms with Gasteiger partial charge in [0.05, 0.1) is 6.10 Å². The monoisotopic (exact) mass is 262 g/mol. The molecule has 1 nitrogen and oxygen atoms in total. The Morgan fingerprint density at radius 2 is 1.79 bits per heavy atom. The summed E-state index contributed by atoms with van der Waals surface area (Å²) in [6.45, 7) is 13.3. The molecule has 0 amide bonds. The topological polar surface area (TPSA) is 20.2 Å². The highest BCUT2D eigenvalue weighted by Crippen LogP contribution is 2.27. The molecule has 1 aromatic rings. The second-order valence-corrected chi connectivity index (χ2v) is 7.39.